The highest BCUT2D eigenvalue weighted by atomic mass is 32.2. The molecule has 1 aromatic heterocycles. The highest BCUT2D eigenvalue weighted by molar-refractivity contribution is 8.00. The van der Waals surface area contributed by atoms with Crippen LogP contribution in [0.25, 0.3) is 0 Å². The van der Waals surface area contributed by atoms with Crippen molar-refractivity contribution in [3.8, 4) is 0 Å². The quantitative estimate of drug-likeness (QED) is 0.844. The summed E-state index contributed by atoms with van der Waals surface area (Å²) >= 11 is 3.19. The van der Waals surface area contributed by atoms with Gasteiger partial charge in [-0.15, -0.1) is 11.3 Å². The van der Waals surface area contributed by atoms with E-state index >= 15 is 0 Å². The Hall–Kier alpha value is -1.08. The first-order valence-corrected chi connectivity index (χ1v) is 8.57. The van der Waals surface area contributed by atoms with Gasteiger partial charge in [0, 0.05) is 11.9 Å². The highest BCUT2D eigenvalue weighted by Crippen LogP contribution is 2.23. The molecule has 7 heteroatoms. The lowest BCUT2D eigenvalue weighted by atomic mass is 10.0. The maximum atomic E-state index is 12.3. The van der Waals surface area contributed by atoms with Gasteiger partial charge in [0.2, 0.25) is 5.91 Å². The smallest absolute Gasteiger partial charge is 0.326 e. The van der Waals surface area contributed by atoms with E-state index in [-0.39, 0.29) is 12.3 Å². The number of piperidine rings is 1. The molecule has 2 heterocycles. The number of carbonyl (C=O) groups excluding carboxylic acids is 1. The molecule has 20 heavy (non-hydrogen) atoms. The van der Waals surface area contributed by atoms with Crippen molar-refractivity contribution in [1.29, 1.82) is 0 Å². The predicted molar refractivity (Wildman–Crippen MR) is 79.2 cm³/mol. The number of rotatable bonds is 5. The lowest BCUT2D eigenvalue weighted by Gasteiger charge is -2.32. The van der Waals surface area contributed by atoms with Gasteiger partial charge in [0.1, 0.15) is 10.4 Å². The summed E-state index contributed by atoms with van der Waals surface area (Å²) in [6.45, 7) is 2.60. The molecule has 1 N–H and O–H groups in total. The van der Waals surface area contributed by atoms with E-state index in [0.717, 1.165) is 28.6 Å². The molecule has 0 saturated carbocycles. The summed E-state index contributed by atoms with van der Waals surface area (Å²) in [5.74, 6) is -0.0808. The van der Waals surface area contributed by atoms with Crippen molar-refractivity contribution >= 4 is 35.0 Å². The van der Waals surface area contributed by atoms with Crippen molar-refractivity contribution in [3.63, 3.8) is 0 Å². The number of likely N-dealkylation sites (tertiary alicyclic amines) is 1. The standard InChI is InChI=1S/C13H18N2O3S2/c1-2-19-13-14-9(8-20-13)7-11(16)15-6-4-3-5-10(15)12(17)18/h8,10H,2-7H2,1H3,(H,17,18). The fourth-order valence-corrected chi connectivity index (χ4v) is 4.04. The van der Waals surface area contributed by atoms with Gasteiger partial charge in [0.25, 0.3) is 0 Å². The normalized spacial score (nSPS) is 19.1. The van der Waals surface area contributed by atoms with Gasteiger partial charge in [-0.05, 0) is 25.0 Å². The number of hydrogen-bond donors (Lipinski definition) is 1. The summed E-state index contributed by atoms with van der Waals surface area (Å²) in [5, 5.41) is 11.1. The van der Waals surface area contributed by atoms with Crippen LogP contribution in [0.15, 0.2) is 9.72 Å². The SMILES string of the molecule is CCSc1nc(CC(=O)N2CCCCC2C(=O)O)cs1. The molecule has 1 aliphatic heterocycles. The minimum Gasteiger partial charge on any atom is -0.480 e. The van der Waals surface area contributed by atoms with Crippen LogP contribution in [0, 0.1) is 0 Å². The Bertz CT molecular complexity index is 490. The molecular formula is C13H18N2O3S2. The number of nitrogens with zero attached hydrogens (tertiary/aromatic N) is 2. The summed E-state index contributed by atoms with van der Waals surface area (Å²) in [6, 6.07) is -0.667. The first kappa shape index (κ1) is 15.3. The maximum Gasteiger partial charge on any atom is 0.326 e. The van der Waals surface area contributed by atoms with E-state index in [9.17, 15) is 14.7 Å². The zero-order valence-electron chi connectivity index (χ0n) is 11.4. The number of hydrogen-bond acceptors (Lipinski definition) is 5. The van der Waals surface area contributed by atoms with Gasteiger partial charge >= 0.3 is 5.97 Å². The summed E-state index contributed by atoms with van der Waals surface area (Å²) in [4.78, 5) is 29.4. The van der Waals surface area contributed by atoms with Crippen LogP contribution in [0.5, 0.6) is 0 Å². The van der Waals surface area contributed by atoms with Crippen molar-refractivity contribution in [3.05, 3.63) is 11.1 Å². The molecule has 0 bridgehead atoms. The van der Waals surface area contributed by atoms with Gasteiger partial charge in [0.05, 0.1) is 12.1 Å². The molecule has 1 saturated heterocycles. The number of thioether (sulfide) groups is 1. The van der Waals surface area contributed by atoms with Crippen molar-refractivity contribution in [2.45, 2.75) is 43.0 Å². The third-order valence-corrected chi connectivity index (χ3v) is 5.19. The van der Waals surface area contributed by atoms with E-state index in [0.29, 0.717) is 13.0 Å². The van der Waals surface area contributed by atoms with Crippen LogP contribution in [0.3, 0.4) is 0 Å². The van der Waals surface area contributed by atoms with Crippen LogP contribution in [0.1, 0.15) is 31.9 Å². The van der Waals surface area contributed by atoms with E-state index < -0.39 is 12.0 Å². The topological polar surface area (TPSA) is 70.5 Å². The molecule has 1 fully saturated rings. The Morgan fingerprint density at radius 1 is 1.55 bits per heavy atom. The molecule has 0 spiro atoms. The zero-order chi connectivity index (χ0) is 14.5. The van der Waals surface area contributed by atoms with Gasteiger partial charge in [-0.3, -0.25) is 4.79 Å². The van der Waals surface area contributed by atoms with Gasteiger partial charge in [0.15, 0.2) is 0 Å². The number of aliphatic carboxylic acids is 1. The molecule has 1 aromatic rings. The van der Waals surface area contributed by atoms with E-state index in [2.05, 4.69) is 11.9 Å². The molecule has 5 nitrogen and oxygen atoms in total. The lowest BCUT2D eigenvalue weighted by molar-refractivity contribution is -0.151. The molecule has 110 valence electrons. The molecule has 0 aliphatic carbocycles. The van der Waals surface area contributed by atoms with Crippen molar-refractivity contribution in [1.82, 2.24) is 9.88 Å². The summed E-state index contributed by atoms with van der Waals surface area (Å²) in [6.07, 6.45) is 2.50. The Balaban J connectivity index is 2.00. The number of carboxylic acid groups (broad SMARTS) is 1. The van der Waals surface area contributed by atoms with Crippen LogP contribution in [-0.4, -0.2) is 45.2 Å². The lowest BCUT2D eigenvalue weighted by Crippen LogP contribution is -2.48. The summed E-state index contributed by atoms with van der Waals surface area (Å²) in [7, 11) is 0. The van der Waals surface area contributed by atoms with Gasteiger partial charge in [-0.25, -0.2) is 9.78 Å². The van der Waals surface area contributed by atoms with Crippen LogP contribution in [-0.2, 0) is 16.0 Å². The van der Waals surface area contributed by atoms with E-state index in [1.807, 2.05) is 5.38 Å². The number of aromatic nitrogens is 1. The average molecular weight is 314 g/mol. The molecule has 2 rings (SSSR count). The van der Waals surface area contributed by atoms with Crippen molar-refractivity contribution in [2.75, 3.05) is 12.3 Å². The third-order valence-electron chi connectivity index (χ3n) is 3.24. The number of thiazole rings is 1. The van der Waals surface area contributed by atoms with E-state index in [1.54, 1.807) is 11.8 Å². The fraction of sp³-hybridized carbons (Fsp3) is 0.615. The van der Waals surface area contributed by atoms with Crippen LogP contribution < -0.4 is 0 Å². The first-order chi connectivity index (χ1) is 9.61. The highest BCUT2D eigenvalue weighted by Gasteiger charge is 2.31. The Morgan fingerprint density at radius 3 is 3.05 bits per heavy atom. The second-order valence-corrected chi connectivity index (χ2v) is 7.02. The number of carboxylic acids is 1. The van der Waals surface area contributed by atoms with Crippen LogP contribution >= 0.6 is 23.1 Å². The first-order valence-electron chi connectivity index (χ1n) is 6.71. The van der Waals surface area contributed by atoms with Gasteiger partial charge in [-0.2, -0.15) is 0 Å². The fourth-order valence-electron chi connectivity index (χ4n) is 2.30. The molecule has 1 amide bonds. The van der Waals surface area contributed by atoms with Crippen LogP contribution in [0.2, 0.25) is 0 Å². The minimum atomic E-state index is -0.904. The van der Waals surface area contributed by atoms with E-state index in [4.69, 9.17) is 0 Å². The Labute approximate surface area is 126 Å². The predicted octanol–water partition coefficient (Wildman–Crippen LogP) is 2.26. The summed E-state index contributed by atoms with van der Waals surface area (Å²) in [5.41, 5.74) is 0.741. The average Bonchev–Trinajstić information content (AvgIpc) is 2.86. The van der Waals surface area contributed by atoms with Crippen molar-refractivity contribution in [2.24, 2.45) is 0 Å². The molecule has 1 aliphatic rings. The molecule has 0 radical (unpaired) electrons. The third kappa shape index (κ3) is 3.73. The largest absolute Gasteiger partial charge is 0.480 e. The zero-order valence-corrected chi connectivity index (χ0v) is 13.0. The molecule has 1 unspecified atom stereocenters. The number of amides is 1. The minimum absolute atomic E-state index is 0.129. The molecular weight excluding hydrogens is 296 g/mol. The maximum absolute atomic E-state index is 12.3. The monoisotopic (exact) mass is 314 g/mol. The Morgan fingerprint density at radius 2 is 2.35 bits per heavy atom. The van der Waals surface area contributed by atoms with Gasteiger partial charge < -0.3 is 10.0 Å². The number of carbonyl (C=O) groups is 2. The van der Waals surface area contributed by atoms with Gasteiger partial charge in [-0.1, -0.05) is 18.7 Å². The van der Waals surface area contributed by atoms with Crippen molar-refractivity contribution < 1.29 is 14.7 Å². The second kappa shape index (κ2) is 7.08. The summed E-state index contributed by atoms with van der Waals surface area (Å²) < 4.78 is 0.962. The molecule has 0 aromatic carbocycles. The van der Waals surface area contributed by atoms with Crippen LogP contribution in [0.4, 0.5) is 0 Å². The molecule has 1 atom stereocenters. The second-order valence-electron chi connectivity index (χ2n) is 4.65. The Kier molecular flexibility index (Phi) is 5.42. The van der Waals surface area contributed by atoms with E-state index in [1.165, 1.54) is 16.2 Å².